The molecule has 1 aromatic carbocycles. The molecule has 5 nitrogen and oxygen atoms in total. The van der Waals surface area contributed by atoms with Crippen molar-refractivity contribution in [2.75, 3.05) is 20.8 Å². The first-order valence-electron chi connectivity index (χ1n) is 6.99. The zero-order chi connectivity index (χ0) is 15.9. The van der Waals surface area contributed by atoms with Crippen molar-refractivity contribution in [1.82, 2.24) is 5.32 Å². The summed E-state index contributed by atoms with van der Waals surface area (Å²) >= 11 is 0. The van der Waals surface area contributed by atoms with Crippen molar-refractivity contribution >= 4 is 5.97 Å². The van der Waals surface area contributed by atoms with Crippen molar-refractivity contribution in [2.45, 2.75) is 39.3 Å². The van der Waals surface area contributed by atoms with Crippen LogP contribution in [0, 0.1) is 0 Å². The Labute approximate surface area is 126 Å². The molecule has 0 bridgehead atoms. The first-order valence-corrected chi connectivity index (χ1v) is 6.99. The molecule has 0 atom stereocenters. The smallest absolute Gasteiger partial charge is 0.307 e. The van der Waals surface area contributed by atoms with Crippen LogP contribution in [0.1, 0.15) is 32.8 Å². The Hall–Kier alpha value is -1.75. The van der Waals surface area contributed by atoms with Crippen LogP contribution >= 0.6 is 0 Å². The molecular formula is C16H25NO4. The molecule has 0 radical (unpaired) electrons. The van der Waals surface area contributed by atoms with Gasteiger partial charge in [-0.25, -0.2) is 0 Å². The molecule has 118 valence electrons. The summed E-state index contributed by atoms with van der Waals surface area (Å²) in [6.45, 7) is 6.82. The average molecular weight is 295 g/mol. The number of rotatable bonds is 7. The number of hydrogen-bond acceptors (Lipinski definition) is 5. The number of esters is 1. The average Bonchev–Trinajstić information content (AvgIpc) is 2.41. The molecule has 0 saturated heterocycles. The number of nitrogens with one attached hydrogen (secondary N) is 1. The summed E-state index contributed by atoms with van der Waals surface area (Å²) in [6.07, 6.45) is 0.352. The zero-order valence-electron chi connectivity index (χ0n) is 13.5. The summed E-state index contributed by atoms with van der Waals surface area (Å²) < 4.78 is 15.7. The molecule has 0 unspecified atom stereocenters. The fraction of sp³-hybridized carbons (Fsp3) is 0.562. The van der Waals surface area contributed by atoms with Gasteiger partial charge in [0.25, 0.3) is 0 Å². The normalized spacial score (nSPS) is 11.1. The zero-order valence-corrected chi connectivity index (χ0v) is 13.5. The van der Waals surface area contributed by atoms with E-state index in [1.807, 2.05) is 39.0 Å². The summed E-state index contributed by atoms with van der Waals surface area (Å²) in [5.74, 6) is 1.21. The third-order valence-electron chi connectivity index (χ3n) is 2.70. The lowest BCUT2D eigenvalue weighted by Gasteiger charge is -2.19. The van der Waals surface area contributed by atoms with Crippen LogP contribution in [-0.4, -0.2) is 32.3 Å². The Morgan fingerprint density at radius 2 is 1.81 bits per heavy atom. The monoisotopic (exact) mass is 295 g/mol. The maximum absolute atomic E-state index is 11.6. The molecule has 0 fully saturated rings. The predicted octanol–water partition coefficient (Wildman–Crippen LogP) is 2.53. The van der Waals surface area contributed by atoms with E-state index in [0.29, 0.717) is 31.0 Å². The van der Waals surface area contributed by atoms with E-state index in [0.717, 1.165) is 5.56 Å². The summed E-state index contributed by atoms with van der Waals surface area (Å²) in [7, 11) is 3.22. The van der Waals surface area contributed by atoms with E-state index in [1.165, 1.54) is 0 Å². The van der Waals surface area contributed by atoms with Crippen LogP contribution in [0.3, 0.4) is 0 Å². The Morgan fingerprint density at radius 3 is 2.38 bits per heavy atom. The number of ether oxygens (including phenoxy) is 3. The van der Waals surface area contributed by atoms with Crippen LogP contribution in [0.2, 0.25) is 0 Å². The largest absolute Gasteiger partial charge is 0.493 e. The van der Waals surface area contributed by atoms with Crippen LogP contribution in [0.5, 0.6) is 11.5 Å². The van der Waals surface area contributed by atoms with E-state index in [1.54, 1.807) is 14.2 Å². The lowest BCUT2D eigenvalue weighted by molar-refractivity contribution is -0.154. The highest BCUT2D eigenvalue weighted by Crippen LogP contribution is 2.27. The Morgan fingerprint density at radius 1 is 1.14 bits per heavy atom. The third-order valence-corrected chi connectivity index (χ3v) is 2.70. The van der Waals surface area contributed by atoms with Gasteiger partial charge in [-0.15, -0.1) is 0 Å². The molecule has 0 aliphatic rings. The lowest BCUT2D eigenvalue weighted by Crippen LogP contribution is -2.26. The molecule has 21 heavy (non-hydrogen) atoms. The Kier molecular flexibility index (Phi) is 6.49. The molecule has 0 spiro atoms. The topological polar surface area (TPSA) is 56.8 Å². The van der Waals surface area contributed by atoms with Crippen molar-refractivity contribution in [3.8, 4) is 11.5 Å². The lowest BCUT2D eigenvalue weighted by atomic mass is 10.2. The minimum atomic E-state index is -0.430. The number of benzene rings is 1. The van der Waals surface area contributed by atoms with Gasteiger partial charge in [0, 0.05) is 13.1 Å². The molecule has 0 heterocycles. The van der Waals surface area contributed by atoms with Crippen molar-refractivity contribution in [2.24, 2.45) is 0 Å². The van der Waals surface area contributed by atoms with Crippen molar-refractivity contribution in [1.29, 1.82) is 0 Å². The van der Waals surface area contributed by atoms with Crippen molar-refractivity contribution in [3.63, 3.8) is 0 Å². The van der Waals surface area contributed by atoms with Crippen LogP contribution < -0.4 is 14.8 Å². The highest BCUT2D eigenvalue weighted by molar-refractivity contribution is 5.70. The molecule has 1 rings (SSSR count). The summed E-state index contributed by atoms with van der Waals surface area (Å²) in [5, 5.41) is 3.21. The number of carbonyl (C=O) groups excluding carboxylic acids is 1. The Balaban J connectivity index is 2.38. The molecule has 1 aromatic rings. The van der Waals surface area contributed by atoms with E-state index in [4.69, 9.17) is 14.2 Å². The van der Waals surface area contributed by atoms with Crippen LogP contribution in [0.4, 0.5) is 0 Å². The quantitative estimate of drug-likeness (QED) is 0.619. The van der Waals surface area contributed by atoms with Gasteiger partial charge in [0.15, 0.2) is 11.5 Å². The number of hydrogen-bond donors (Lipinski definition) is 1. The molecule has 0 aliphatic heterocycles. The molecule has 1 N–H and O–H groups in total. The van der Waals surface area contributed by atoms with E-state index in [2.05, 4.69) is 5.32 Å². The predicted molar refractivity (Wildman–Crippen MR) is 81.7 cm³/mol. The van der Waals surface area contributed by atoms with Gasteiger partial charge in [0.05, 0.1) is 20.6 Å². The van der Waals surface area contributed by atoms with Crippen LogP contribution in [-0.2, 0) is 16.1 Å². The maximum Gasteiger partial charge on any atom is 0.307 e. The second kappa shape index (κ2) is 7.88. The van der Waals surface area contributed by atoms with E-state index >= 15 is 0 Å². The van der Waals surface area contributed by atoms with Gasteiger partial charge in [-0.1, -0.05) is 6.07 Å². The maximum atomic E-state index is 11.6. The number of carbonyl (C=O) groups is 1. The van der Waals surface area contributed by atoms with E-state index in [-0.39, 0.29) is 5.97 Å². The van der Waals surface area contributed by atoms with Crippen LogP contribution in [0.15, 0.2) is 18.2 Å². The Bertz CT molecular complexity index is 466. The van der Waals surface area contributed by atoms with Gasteiger partial charge in [-0.05, 0) is 38.5 Å². The van der Waals surface area contributed by atoms with Gasteiger partial charge in [-0.3, -0.25) is 4.79 Å². The highest BCUT2D eigenvalue weighted by atomic mass is 16.6. The summed E-state index contributed by atoms with van der Waals surface area (Å²) in [5.41, 5.74) is 0.636. The third kappa shape index (κ3) is 6.49. The second-order valence-corrected chi connectivity index (χ2v) is 5.70. The fourth-order valence-electron chi connectivity index (χ4n) is 1.81. The molecule has 0 saturated carbocycles. The van der Waals surface area contributed by atoms with Crippen LogP contribution in [0.25, 0.3) is 0 Å². The van der Waals surface area contributed by atoms with E-state index in [9.17, 15) is 4.79 Å². The van der Waals surface area contributed by atoms with Gasteiger partial charge in [0.1, 0.15) is 5.60 Å². The van der Waals surface area contributed by atoms with E-state index < -0.39 is 5.60 Å². The summed E-state index contributed by atoms with van der Waals surface area (Å²) in [6, 6.07) is 5.74. The van der Waals surface area contributed by atoms with Crippen molar-refractivity contribution < 1.29 is 19.0 Å². The van der Waals surface area contributed by atoms with Gasteiger partial charge < -0.3 is 19.5 Å². The molecule has 0 aromatic heterocycles. The van der Waals surface area contributed by atoms with Gasteiger partial charge in [-0.2, -0.15) is 0 Å². The molecule has 5 heteroatoms. The highest BCUT2D eigenvalue weighted by Gasteiger charge is 2.15. The molecular weight excluding hydrogens is 270 g/mol. The summed E-state index contributed by atoms with van der Waals surface area (Å²) in [4.78, 5) is 11.6. The van der Waals surface area contributed by atoms with Gasteiger partial charge >= 0.3 is 5.97 Å². The second-order valence-electron chi connectivity index (χ2n) is 5.70. The number of methoxy groups -OCH3 is 2. The van der Waals surface area contributed by atoms with Crippen molar-refractivity contribution in [3.05, 3.63) is 23.8 Å². The first-order chi connectivity index (χ1) is 9.85. The first kappa shape index (κ1) is 17.3. The minimum absolute atomic E-state index is 0.192. The molecule has 0 amide bonds. The standard InChI is InChI=1S/C16H25NO4/c1-16(2,3)21-15(18)8-9-17-11-12-6-7-13(19-4)14(10-12)20-5/h6-7,10,17H,8-9,11H2,1-5H3. The fourth-order valence-corrected chi connectivity index (χ4v) is 1.81. The SMILES string of the molecule is COc1ccc(CNCCC(=O)OC(C)(C)C)cc1OC. The molecule has 0 aliphatic carbocycles. The van der Waals surface area contributed by atoms with Gasteiger partial charge in [0.2, 0.25) is 0 Å². The minimum Gasteiger partial charge on any atom is -0.493 e.